The topological polar surface area (TPSA) is 141 Å². The van der Waals surface area contributed by atoms with Crippen LogP contribution in [0.5, 0.6) is 0 Å². The second-order valence-corrected chi connectivity index (χ2v) is 8.90. The minimum atomic E-state index is -1.21. The second kappa shape index (κ2) is 13.7. The van der Waals surface area contributed by atoms with E-state index in [0.717, 1.165) is 0 Å². The zero-order valence-corrected chi connectivity index (χ0v) is 22.5. The number of aliphatic imine (C=N–C) groups is 1. The molecule has 206 valence electrons. The number of carbonyl (C=O) groups is 4. The summed E-state index contributed by atoms with van der Waals surface area (Å²) in [6.07, 6.45) is 0. The summed E-state index contributed by atoms with van der Waals surface area (Å²) < 4.78 is 16.1. The highest BCUT2D eigenvalue weighted by Gasteiger charge is 2.43. The van der Waals surface area contributed by atoms with Crippen LogP contribution in [0, 0.1) is 5.92 Å². The van der Waals surface area contributed by atoms with E-state index in [1.165, 1.54) is 25.3 Å². The van der Waals surface area contributed by atoms with Crippen LogP contribution >= 0.6 is 11.6 Å². The van der Waals surface area contributed by atoms with Crippen LogP contribution in [0.3, 0.4) is 0 Å². The van der Waals surface area contributed by atoms with Gasteiger partial charge in [-0.2, -0.15) is 0 Å². The molecule has 1 aliphatic heterocycles. The number of amides is 1. The van der Waals surface area contributed by atoms with Gasteiger partial charge in [-0.1, -0.05) is 41.9 Å². The number of nitrogens with zero attached hydrogens (tertiary/aromatic N) is 1. The molecule has 0 aliphatic carbocycles. The average molecular weight is 557 g/mol. The zero-order chi connectivity index (χ0) is 28.5. The fourth-order valence-electron chi connectivity index (χ4n) is 4.36. The quantitative estimate of drug-likeness (QED) is 0.316. The lowest BCUT2D eigenvalue weighted by atomic mass is 9.75. The highest BCUT2D eigenvalue weighted by Crippen LogP contribution is 2.42. The number of nitrogens with one attached hydrogen (secondary N) is 1. The second-order valence-electron chi connectivity index (χ2n) is 8.49. The zero-order valence-electron chi connectivity index (χ0n) is 21.7. The molecule has 1 aliphatic rings. The van der Waals surface area contributed by atoms with E-state index in [9.17, 15) is 24.3 Å². The number of aromatic carboxylic acids is 1. The number of benzene rings is 2. The van der Waals surface area contributed by atoms with Crippen molar-refractivity contribution in [1.82, 2.24) is 5.32 Å². The first-order valence-corrected chi connectivity index (χ1v) is 12.5. The molecule has 39 heavy (non-hydrogen) atoms. The molecule has 0 aromatic heterocycles. The first-order chi connectivity index (χ1) is 18.7. The van der Waals surface area contributed by atoms with E-state index in [4.69, 9.17) is 25.8 Å². The lowest BCUT2D eigenvalue weighted by Gasteiger charge is -2.32. The summed E-state index contributed by atoms with van der Waals surface area (Å²) in [5, 5.41) is 12.3. The number of methoxy groups -OCH3 is 1. The number of rotatable bonds is 11. The monoisotopic (exact) mass is 556 g/mol. The van der Waals surface area contributed by atoms with Gasteiger partial charge in [0.2, 0.25) is 0 Å². The van der Waals surface area contributed by atoms with Gasteiger partial charge >= 0.3 is 17.9 Å². The molecule has 1 amide bonds. The van der Waals surface area contributed by atoms with Crippen LogP contribution in [0.15, 0.2) is 64.8 Å². The number of esters is 2. The summed E-state index contributed by atoms with van der Waals surface area (Å²) in [5.41, 5.74) is 1.26. The average Bonchev–Trinajstić information content (AvgIpc) is 2.92. The van der Waals surface area contributed by atoms with Gasteiger partial charge in [-0.15, -0.1) is 0 Å². The molecule has 11 heteroatoms. The third-order valence-corrected chi connectivity index (χ3v) is 6.42. The first-order valence-electron chi connectivity index (χ1n) is 12.2. The van der Waals surface area contributed by atoms with Crippen LogP contribution in [0.2, 0.25) is 5.02 Å². The lowest BCUT2D eigenvalue weighted by molar-refractivity contribution is -0.144. The van der Waals surface area contributed by atoms with Crippen LogP contribution < -0.4 is 5.32 Å². The third-order valence-electron chi connectivity index (χ3n) is 6.08. The number of ether oxygens (including phenoxy) is 3. The van der Waals surface area contributed by atoms with Gasteiger partial charge in [-0.3, -0.25) is 14.6 Å². The molecule has 1 heterocycles. The summed E-state index contributed by atoms with van der Waals surface area (Å²) >= 11 is 6.49. The Kier molecular flexibility index (Phi) is 10.4. The maximum Gasteiger partial charge on any atom is 0.336 e. The van der Waals surface area contributed by atoms with E-state index in [-0.39, 0.29) is 48.8 Å². The summed E-state index contributed by atoms with van der Waals surface area (Å²) in [7, 11) is 1.26. The van der Waals surface area contributed by atoms with Gasteiger partial charge < -0.3 is 24.6 Å². The molecule has 2 N–H and O–H groups in total. The van der Waals surface area contributed by atoms with Crippen molar-refractivity contribution in [2.24, 2.45) is 10.9 Å². The van der Waals surface area contributed by atoms with Gasteiger partial charge in [0.05, 0.1) is 49.3 Å². The minimum Gasteiger partial charge on any atom is -0.478 e. The van der Waals surface area contributed by atoms with Crippen molar-refractivity contribution in [2.45, 2.75) is 19.8 Å². The third kappa shape index (κ3) is 6.90. The normalized spacial score (nSPS) is 16.8. The van der Waals surface area contributed by atoms with Gasteiger partial charge in [0, 0.05) is 23.2 Å². The van der Waals surface area contributed by atoms with Crippen LogP contribution in [-0.2, 0) is 23.8 Å². The Morgan fingerprint density at radius 1 is 1.05 bits per heavy atom. The highest BCUT2D eigenvalue weighted by molar-refractivity contribution is 6.31. The molecular weight excluding hydrogens is 528 g/mol. The predicted octanol–water partition coefficient (Wildman–Crippen LogP) is 3.65. The maximum atomic E-state index is 13.2. The predicted molar refractivity (Wildman–Crippen MR) is 143 cm³/mol. The Labute approximate surface area is 230 Å². The van der Waals surface area contributed by atoms with Gasteiger partial charge in [-0.25, -0.2) is 9.59 Å². The van der Waals surface area contributed by atoms with E-state index < -0.39 is 35.7 Å². The minimum absolute atomic E-state index is 0.0289. The van der Waals surface area contributed by atoms with Gasteiger partial charge in [0.25, 0.3) is 5.91 Å². The number of hydrogen-bond donors (Lipinski definition) is 2. The number of carbonyl (C=O) groups excluding carboxylic acids is 3. The standard InChI is InChI=1S/C28H29ClN2O8/c1-4-39-28(36)24-21(15-38-14-13-30-25(32)17-9-5-6-10-18(17)26(33)34)31-16(2)22(27(35)37-3)23(24)19-11-7-8-12-20(19)29/h5-12,22-23H,4,13-15H2,1-3H3,(H,30,32)(H,33,34). The van der Waals surface area contributed by atoms with E-state index >= 15 is 0 Å². The summed E-state index contributed by atoms with van der Waals surface area (Å²) in [6.45, 7) is 3.40. The molecule has 2 aromatic carbocycles. The first kappa shape index (κ1) is 29.5. The molecule has 10 nitrogen and oxygen atoms in total. The summed E-state index contributed by atoms with van der Waals surface area (Å²) in [5.74, 6) is -4.74. The van der Waals surface area contributed by atoms with E-state index in [0.29, 0.717) is 16.3 Å². The van der Waals surface area contributed by atoms with Crippen molar-refractivity contribution in [3.63, 3.8) is 0 Å². The van der Waals surface area contributed by atoms with Crippen LogP contribution in [0.4, 0.5) is 0 Å². The van der Waals surface area contributed by atoms with Crippen LogP contribution in [-0.4, -0.2) is 68.1 Å². The molecule has 2 atom stereocenters. The van der Waals surface area contributed by atoms with Crippen molar-refractivity contribution in [3.05, 3.63) is 81.5 Å². The van der Waals surface area contributed by atoms with Gasteiger partial charge in [0.15, 0.2) is 0 Å². The highest BCUT2D eigenvalue weighted by atomic mass is 35.5. The molecule has 0 fully saturated rings. The van der Waals surface area contributed by atoms with Crippen molar-refractivity contribution in [1.29, 1.82) is 0 Å². The molecule has 0 radical (unpaired) electrons. The van der Waals surface area contributed by atoms with Crippen LogP contribution in [0.25, 0.3) is 0 Å². The van der Waals surface area contributed by atoms with Crippen LogP contribution in [0.1, 0.15) is 46.0 Å². The molecule has 0 saturated carbocycles. The molecule has 2 aromatic rings. The SMILES string of the molecule is CCOC(=O)C1=C(COCCNC(=O)c2ccccc2C(=O)O)N=C(C)C(C(=O)OC)C1c1ccccc1Cl. The molecule has 0 spiro atoms. The maximum absolute atomic E-state index is 13.2. The van der Waals surface area contributed by atoms with Gasteiger partial charge in [-0.05, 0) is 37.6 Å². The molecule has 0 saturated heterocycles. The molecule has 3 rings (SSSR count). The Morgan fingerprint density at radius 2 is 1.72 bits per heavy atom. The van der Waals surface area contributed by atoms with E-state index in [1.807, 2.05) is 0 Å². The molecule has 0 bridgehead atoms. The summed E-state index contributed by atoms with van der Waals surface area (Å²) in [6, 6.07) is 12.7. The van der Waals surface area contributed by atoms with Gasteiger partial charge in [0.1, 0.15) is 5.92 Å². The lowest BCUT2D eigenvalue weighted by Crippen LogP contribution is -2.37. The Hall–Kier alpha value is -4.02. The van der Waals surface area contributed by atoms with E-state index in [1.54, 1.807) is 44.2 Å². The molecule has 2 unspecified atom stereocenters. The summed E-state index contributed by atoms with van der Waals surface area (Å²) in [4.78, 5) is 54.4. The van der Waals surface area contributed by atoms with Crippen molar-refractivity contribution in [3.8, 4) is 0 Å². The number of carboxylic acids is 1. The smallest absolute Gasteiger partial charge is 0.336 e. The Bertz CT molecular complexity index is 1320. The largest absolute Gasteiger partial charge is 0.478 e. The Morgan fingerprint density at radius 3 is 2.36 bits per heavy atom. The molecular formula is C28H29ClN2O8. The number of carboxylic acid groups (broad SMARTS) is 1. The fraction of sp³-hybridized carbons (Fsp3) is 0.321. The van der Waals surface area contributed by atoms with Crippen molar-refractivity contribution >= 4 is 41.1 Å². The number of halogens is 1. The van der Waals surface area contributed by atoms with E-state index in [2.05, 4.69) is 10.3 Å². The Balaban J connectivity index is 1.83. The fourth-order valence-corrected chi connectivity index (χ4v) is 4.61. The van der Waals surface area contributed by atoms with Crippen molar-refractivity contribution < 1.29 is 38.5 Å². The van der Waals surface area contributed by atoms with Crippen molar-refractivity contribution in [2.75, 3.05) is 33.5 Å². The number of hydrogen-bond acceptors (Lipinski definition) is 8.